The summed E-state index contributed by atoms with van der Waals surface area (Å²) in [6.07, 6.45) is 4.87. The van der Waals surface area contributed by atoms with Gasteiger partial charge in [-0.3, -0.25) is 0 Å². The Morgan fingerprint density at radius 2 is 1.94 bits per heavy atom. The Morgan fingerprint density at radius 3 is 2.69 bits per heavy atom. The van der Waals surface area contributed by atoms with Crippen LogP contribution in [0.3, 0.4) is 0 Å². The van der Waals surface area contributed by atoms with Gasteiger partial charge in [-0.1, -0.05) is 12.8 Å². The lowest BCUT2D eigenvalue weighted by Gasteiger charge is -2.16. The highest BCUT2D eigenvalue weighted by Gasteiger charge is 2.15. The Hall–Kier alpha value is -0.870. The van der Waals surface area contributed by atoms with Gasteiger partial charge in [0.05, 0.1) is 18.3 Å². The molecule has 1 rings (SSSR count). The van der Waals surface area contributed by atoms with E-state index < -0.39 is 18.2 Å². The van der Waals surface area contributed by atoms with Crippen LogP contribution in [0.2, 0.25) is 0 Å². The lowest BCUT2D eigenvalue weighted by molar-refractivity contribution is -0.142. The quantitative estimate of drug-likeness (QED) is 0.611. The standard InChI is InChI=1S/C12H20O4/c1-9-5-3-2-4-6-10(13)11(14)7-8-12(15)16-9/h7-11,13-14H,2-6H2,1H3/b8-7-/t9-,10-,11-/m0/s1. The van der Waals surface area contributed by atoms with Gasteiger partial charge in [0, 0.05) is 6.08 Å². The summed E-state index contributed by atoms with van der Waals surface area (Å²) in [7, 11) is 0. The highest BCUT2D eigenvalue weighted by molar-refractivity contribution is 5.82. The molecule has 92 valence electrons. The van der Waals surface area contributed by atoms with Crippen molar-refractivity contribution in [3.8, 4) is 0 Å². The Labute approximate surface area is 95.9 Å². The molecule has 0 amide bonds. The smallest absolute Gasteiger partial charge is 0.330 e. The third-order valence-corrected chi connectivity index (χ3v) is 2.75. The largest absolute Gasteiger partial charge is 0.460 e. The molecule has 4 heteroatoms. The molecule has 0 aromatic carbocycles. The van der Waals surface area contributed by atoms with E-state index in [0.29, 0.717) is 6.42 Å². The van der Waals surface area contributed by atoms with Crippen molar-refractivity contribution in [3.63, 3.8) is 0 Å². The third-order valence-electron chi connectivity index (χ3n) is 2.75. The molecule has 4 nitrogen and oxygen atoms in total. The maximum Gasteiger partial charge on any atom is 0.330 e. The van der Waals surface area contributed by atoms with Crippen molar-refractivity contribution in [3.05, 3.63) is 12.2 Å². The van der Waals surface area contributed by atoms with Crippen LogP contribution in [-0.4, -0.2) is 34.5 Å². The van der Waals surface area contributed by atoms with Crippen LogP contribution < -0.4 is 0 Å². The topological polar surface area (TPSA) is 66.8 Å². The van der Waals surface area contributed by atoms with Gasteiger partial charge in [0.15, 0.2) is 0 Å². The molecule has 16 heavy (non-hydrogen) atoms. The van der Waals surface area contributed by atoms with Crippen LogP contribution in [0.4, 0.5) is 0 Å². The Morgan fingerprint density at radius 1 is 1.25 bits per heavy atom. The zero-order valence-corrected chi connectivity index (χ0v) is 9.63. The van der Waals surface area contributed by atoms with Crippen LogP contribution >= 0.6 is 0 Å². The molecule has 0 spiro atoms. The van der Waals surface area contributed by atoms with Crippen molar-refractivity contribution in [2.45, 2.75) is 57.3 Å². The number of aliphatic hydroxyl groups is 2. The fraction of sp³-hybridized carbons (Fsp3) is 0.750. The number of rotatable bonds is 0. The van der Waals surface area contributed by atoms with E-state index in [1.807, 2.05) is 6.92 Å². The van der Waals surface area contributed by atoms with Gasteiger partial charge in [-0.05, 0) is 32.3 Å². The van der Waals surface area contributed by atoms with Crippen LogP contribution in [0, 0.1) is 0 Å². The zero-order valence-electron chi connectivity index (χ0n) is 9.63. The van der Waals surface area contributed by atoms with Crippen LogP contribution in [-0.2, 0) is 9.53 Å². The van der Waals surface area contributed by atoms with Crippen molar-refractivity contribution in [2.24, 2.45) is 0 Å². The van der Waals surface area contributed by atoms with E-state index in [0.717, 1.165) is 25.7 Å². The van der Waals surface area contributed by atoms with Gasteiger partial charge >= 0.3 is 5.97 Å². The first-order valence-electron chi connectivity index (χ1n) is 5.84. The molecule has 0 fully saturated rings. The summed E-state index contributed by atoms with van der Waals surface area (Å²) in [6.45, 7) is 1.86. The average Bonchev–Trinajstić information content (AvgIpc) is 2.23. The SMILES string of the molecule is C[C@H]1CCCCC[C@H](O)[C@@H](O)/C=C\C(=O)O1. The second-order valence-corrected chi connectivity index (χ2v) is 4.30. The van der Waals surface area contributed by atoms with Crippen molar-refractivity contribution >= 4 is 5.97 Å². The summed E-state index contributed by atoms with van der Waals surface area (Å²) in [5, 5.41) is 19.0. The summed E-state index contributed by atoms with van der Waals surface area (Å²) in [6, 6.07) is 0. The van der Waals surface area contributed by atoms with Gasteiger partial charge in [-0.15, -0.1) is 0 Å². The monoisotopic (exact) mass is 228 g/mol. The molecule has 0 radical (unpaired) electrons. The van der Waals surface area contributed by atoms with E-state index in [9.17, 15) is 15.0 Å². The Bertz CT molecular complexity index is 249. The third kappa shape index (κ3) is 4.77. The minimum Gasteiger partial charge on any atom is -0.460 e. The second-order valence-electron chi connectivity index (χ2n) is 4.30. The van der Waals surface area contributed by atoms with Crippen molar-refractivity contribution < 1.29 is 19.7 Å². The first kappa shape index (κ1) is 13.2. The predicted molar refractivity (Wildman–Crippen MR) is 59.8 cm³/mol. The molecular formula is C12H20O4. The summed E-state index contributed by atoms with van der Waals surface area (Å²) in [4.78, 5) is 11.3. The second kappa shape index (κ2) is 6.66. The number of esters is 1. The van der Waals surface area contributed by atoms with Gasteiger partial charge in [0.1, 0.15) is 0 Å². The molecule has 0 saturated carbocycles. The number of hydrogen-bond donors (Lipinski definition) is 2. The van der Waals surface area contributed by atoms with Crippen LogP contribution in [0.25, 0.3) is 0 Å². The van der Waals surface area contributed by atoms with Gasteiger partial charge in [0.25, 0.3) is 0 Å². The first-order valence-corrected chi connectivity index (χ1v) is 5.84. The van der Waals surface area contributed by atoms with Crippen LogP contribution in [0.15, 0.2) is 12.2 Å². The van der Waals surface area contributed by atoms with Crippen molar-refractivity contribution in [2.75, 3.05) is 0 Å². The molecule has 1 heterocycles. The molecule has 1 aliphatic heterocycles. The van der Waals surface area contributed by atoms with E-state index in [1.54, 1.807) is 0 Å². The lowest BCUT2D eigenvalue weighted by Crippen LogP contribution is -2.24. The van der Waals surface area contributed by atoms with Gasteiger partial charge in [0.2, 0.25) is 0 Å². The lowest BCUT2D eigenvalue weighted by atomic mass is 10.0. The number of cyclic esters (lactones) is 1. The minimum absolute atomic E-state index is 0.0846. The van der Waals surface area contributed by atoms with Crippen LogP contribution in [0.1, 0.15) is 39.0 Å². The minimum atomic E-state index is -0.984. The van der Waals surface area contributed by atoms with E-state index in [4.69, 9.17) is 4.74 Å². The number of carbonyl (C=O) groups excluding carboxylic acids is 1. The highest BCUT2D eigenvalue weighted by Crippen LogP contribution is 2.13. The molecule has 0 bridgehead atoms. The highest BCUT2D eigenvalue weighted by atomic mass is 16.5. The number of aliphatic hydroxyl groups excluding tert-OH is 2. The molecule has 0 aromatic heterocycles. The van der Waals surface area contributed by atoms with Crippen molar-refractivity contribution in [1.82, 2.24) is 0 Å². The fourth-order valence-corrected chi connectivity index (χ4v) is 1.73. The number of carbonyl (C=O) groups is 1. The Balaban J connectivity index is 2.58. The maximum atomic E-state index is 11.3. The van der Waals surface area contributed by atoms with Gasteiger partial charge in [-0.2, -0.15) is 0 Å². The Kier molecular flexibility index (Phi) is 5.49. The van der Waals surface area contributed by atoms with Gasteiger partial charge in [-0.25, -0.2) is 4.79 Å². The summed E-state index contributed by atoms with van der Waals surface area (Å²) in [5.41, 5.74) is 0. The molecule has 2 N–H and O–H groups in total. The molecule has 3 atom stereocenters. The van der Waals surface area contributed by atoms with Gasteiger partial charge < -0.3 is 14.9 Å². The normalized spacial score (nSPS) is 35.7. The number of ether oxygens (including phenoxy) is 1. The molecule has 0 saturated heterocycles. The molecule has 0 aromatic rings. The fourth-order valence-electron chi connectivity index (χ4n) is 1.73. The average molecular weight is 228 g/mol. The molecule has 1 aliphatic rings. The van der Waals surface area contributed by atoms with E-state index in [-0.39, 0.29) is 6.10 Å². The van der Waals surface area contributed by atoms with E-state index >= 15 is 0 Å². The van der Waals surface area contributed by atoms with E-state index in [2.05, 4.69) is 0 Å². The first-order chi connectivity index (χ1) is 7.59. The maximum absolute atomic E-state index is 11.3. The van der Waals surface area contributed by atoms with Crippen LogP contribution in [0.5, 0.6) is 0 Å². The molecule has 0 unspecified atom stereocenters. The number of hydrogen-bond acceptors (Lipinski definition) is 4. The summed E-state index contributed by atoms with van der Waals surface area (Å²) < 4.78 is 5.09. The molecular weight excluding hydrogens is 208 g/mol. The van der Waals surface area contributed by atoms with Crippen molar-refractivity contribution in [1.29, 1.82) is 0 Å². The summed E-state index contributed by atoms with van der Waals surface area (Å²) >= 11 is 0. The van der Waals surface area contributed by atoms with E-state index in [1.165, 1.54) is 12.2 Å². The predicted octanol–water partition coefficient (Wildman–Crippen LogP) is 1.16. The molecule has 0 aliphatic carbocycles. The summed E-state index contributed by atoms with van der Waals surface area (Å²) in [5.74, 6) is -0.459. The zero-order chi connectivity index (χ0) is 12.0.